The van der Waals surface area contributed by atoms with Crippen LogP contribution in [0.2, 0.25) is 0 Å². The van der Waals surface area contributed by atoms with Crippen molar-refractivity contribution in [2.24, 2.45) is 0 Å². The molecule has 0 unspecified atom stereocenters. The number of H-pyrrole nitrogens is 1. The first-order valence-corrected chi connectivity index (χ1v) is 9.73. The van der Waals surface area contributed by atoms with Gasteiger partial charge in [0.1, 0.15) is 16.5 Å². The van der Waals surface area contributed by atoms with Gasteiger partial charge in [-0.2, -0.15) is 0 Å². The monoisotopic (exact) mass is 360 g/mol. The van der Waals surface area contributed by atoms with E-state index in [9.17, 15) is 13.5 Å². The zero-order chi connectivity index (χ0) is 18.0. The van der Waals surface area contributed by atoms with Gasteiger partial charge in [-0.3, -0.25) is 0 Å². The van der Waals surface area contributed by atoms with Crippen molar-refractivity contribution in [3.8, 4) is 0 Å². The molecular formula is C17H20N4O3S. The van der Waals surface area contributed by atoms with E-state index in [1.807, 2.05) is 30.5 Å². The Bertz CT molecular complexity index is 998. The zero-order valence-corrected chi connectivity index (χ0v) is 14.8. The Balaban J connectivity index is 1.89. The highest BCUT2D eigenvalue weighted by atomic mass is 32.2. The van der Waals surface area contributed by atoms with Gasteiger partial charge in [0.05, 0.1) is 18.8 Å². The summed E-state index contributed by atoms with van der Waals surface area (Å²) in [4.78, 5) is 11.4. The summed E-state index contributed by atoms with van der Waals surface area (Å²) in [6.45, 7) is 1.52. The van der Waals surface area contributed by atoms with Crippen molar-refractivity contribution in [2.75, 3.05) is 18.2 Å². The third-order valence-electron chi connectivity index (χ3n) is 3.98. The van der Waals surface area contributed by atoms with Crippen molar-refractivity contribution in [1.82, 2.24) is 15.0 Å². The van der Waals surface area contributed by atoms with Crippen LogP contribution in [0.15, 0.2) is 41.6 Å². The number of nitrogens with zero attached hydrogens (tertiary/aromatic N) is 2. The molecule has 1 aromatic carbocycles. The molecule has 0 spiro atoms. The third-order valence-corrected chi connectivity index (χ3v) is 5.08. The molecular weight excluding hydrogens is 340 g/mol. The van der Waals surface area contributed by atoms with Crippen LogP contribution in [0.25, 0.3) is 10.9 Å². The summed E-state index contributed by atoms with van der Waals surface area (Å²) in [5.41, 5.74) is 2.05. The zero-order valence-electron chi connectivity index (χ0n) is 14.0. The fourth-order valence-corrected chi connectivity index (χ4v) is 3.45. The molecule has 0 aliphatic carbocycles. The molecule has 1 atom stereocenters. The minimum Gasteiger partial charge on any atom is -0.394 e. The van der Waals surface area contributed by atoms with Gasteiger partial charge in [0.2, 0.25) is 0 Å². The van der Waals surface area contributed by atoms with E-state index in [2.05, 4.69) is 20.3 Å². The molecule has 25 heavy (non-hydrogen) atoms. The first kappa shape index (κ1) is 17.4. The van der Waals surface area contributed by atoms with E-state index in [0.29, 0.717) is 12.2 Å². The summed E-state index contributed by atoms with van der Waals surface area (Å²) in [6, 6.07) is 7.51. The lowest BCUT2D eigenvalue weighted by molar-refractivity contribution is 0.273. The lowest BCUT2D eigenvalue weighted by Crippen LogP contribution is -2.28. The lowest BCUT2D eigenvalue weighted by Gasteiger charge is -2.18. The van der Waals surface area contributed by atoms with Gasteiger partial charge in [-0.1, -0.05) is 18.2 Å². The van der Waals surface area contributed by atoms with Crippen molar-refractivity contribution in [3.05, 3.63) is 48.0 Å². The van der Waals surface area contributed by atoms with Gasteiger partial charge < -0.3 is 15.4 Å². The Kier molecular flexibility index (Phi) is 4.73. The van der Waals surface area contributed by atoms with E-state index in [1.165, 1.54) is 6.20 Å². The molecule has 0 fully saturated rings. The SMILES string of the molecule is Cc1ncc(S(C)(=O)=O)c(N[C@H](CO)Cc2c[nH]c3ccccc23)n1. The highest BCUT2D eigenvalue weighted by molar-refractivity contribution is 7.90. The molecule has 3 N–H and O–H groups in total. The number of sulfone groups is 1. The van der Waals surface area contributed by atoms with Crippen LogP contribution in [0.4, 0.5) is 5.82 Å². The highest BCUT2D eigenvalue weighted by Gasteiger charge is 2.19. The quantitative estimate of drug-likeness (QED) is 0.617. The number of rotatable bonds is 6. The molecule has 2 heterocycles. The van der Waals surface area contributed by atoms with Gasteiger partial charge in [-0.25, -0.2) is 18.4 Å². The minimum atomic E-state index is -3.48. The maximum absolute atomic E-state index is 11.9. The minimum absolute atomic E-state index is 0.0236. The second kappa shape index (κ2) is 6.81. The molecule has 0 bridgehead atoms. The van der Waals surface area contributed by atoms with Crippen LogP contribution in [-0.4, -0.2) is 47.4 Å². The Morgan fingerprint density at radius 3 is 2.80 bits per heavy atom. The van der Waals surface area contributed by atoms with E-state index in [4.69, 9.17) is 0 Å². The molecule has 3 aromatic rings. The second-order valence-corrected chi connectivity index (χ2v) is 7.97. The van der Waals surface area contributed by atoms with E-state index in [-0.39, 0.29) is 23.4 Å². The smallest absolute Gasteiger partial charge is 0.180 e. The molecule has 8 heteroatoms. The summed E-state index contributed by atoms with van der Waals surface area (Å²) < 4.78 is 23.9. The average molecular weight is 360 g/mol. The molecule has 2 aromatic heterocycles. The van der Waals surface area contributed by atoms with Crippen LogP contribution >= 0.6 is 0 Å². The van der Waals surface area contributed by atoms with Crippen molar-refractivity contribution < 1.29 is 13.5 Å². The number of aryl methyl sites for hydroxylation is 1. The molecule has 0 aliphatic rings. The number of anilines is 1. The third kappa shape index (κ3) is 3.80. The number of para-hydroxylation sites is 1. The fourth-order valence-electron chi connectivity index (χ4n) is 2.75. The number of benzene rings is 1. The number of aliphatic hydroxyl groups excluding tert-OH is 1. The Labute approximate surface area is 146 Å². The molecule has 0 radical (unpaired) electrons. The fraction of sp³-hybridized carbons (Fsp3) is 0.294. The molecule has 0 saturated heterocycles. The second-order valence-electron chi connectivity index (χ2n) is 5.99. The summed E-state index contributed by atoms with van der Waals surface area (Å²) >= 11 is 0. The van der Waals surface area contributed by atoms with Crippen LogP contribution < -0.4 is 5.32 Å². The summed E-state index contributed by atoms with van der Waals surface area (Å²) in [6.07, 6.45) is 4.82. The number of aromatic nitrogens is 3. The lowest BCUT2D eigenvalue weighted by atomic mass is 10.1. The summed E-state index contributed by atoms with van der Waals surface area (Å²) in [5, 5.41) is 13.9. The molecule has 7 nitrogen and oxygen atoms in total. The Morgan fingerprint density at radius 1 is 1.32 bits per heavy atom. The Hall–Kier alpha value is -2.45. The van der Waals surface area contributed by atoms with Crippen LogP contribution in [0, 0.1) is 6.92 Å². The average Bonchev–Trinajstić information content (AvgIpc) is 2.96. The molecule has 0 amide bonds. The van der Waals surface area contributed by atoms with Gasteiger partial charge in [0, 0.05) is 23.4 Å². The van der Waals surface area contributed by atoms with Crippen molar-refractivity contribution in [3.63, 3.8) is 0 Å². The number of nitrogens with one attached hydrogen (secondary N) is 2. The predicted molar refractivity (Wildman–Crippen MR) is 96.4 cm³/mol. The number of aliphatic hydroxyl groups is 1. The topological polar surface area (TPSA) is 108 Å². The largest absolute Gasteiger partial charge is 0.394 e. The molecule has 0 saturated carbocycles. The highest BCUT2D eigenvalue weighted by Crippen LogP contribution is 2.22. The molecule has 0 aliphatic heterocycles. The van der Waals surface area contributed by atoms with Gasteiger partial charge in [-0.15, -0.1) is 0 Å². The van der Waals surface area contributed by atoms with E-state index >= 15 is 0 Å². The molecule has 3 rings (SSSR count). The van der Waals surface area contributed by atoms with Gasteiger partial charge >= 0.3 is 0 Å². The first-order valence-electron chi connectivity index (χ1n) is 7.84. The van der Waals surface area contributed by atoms with Crippen molar-refractivity contribution >= 4 is 26.6 Å². The van der Waals surface area contributed by atoms with E-state index < -0.39 is 9.84 Å². The van der Waals surface area contributed by atoms with E-state index in [1.54, 1.807) is 6.92 Å². The van der Waals surface area contributed by atoms with Crippen LogP contribution in [-0.2, 0) is 16.3 Å². The Morgan fingerprint density at radius 2 is 2.08 bits per heavy atom. The van der Waals surface area contributed by atoms with Gasteiger partial charge in [-0.05, 0) is 25.0 Å². The van der Waals surface area contributed by atoms with Crippen molar-refractivity contribution in [1.29, 1.82) is 0 Å². The van der Waals surface area contributed by atoms with Crippen LogP contribution in [0.1, 0.15) is 11.4 Å². The number of hydrogen-bond donors (Lipinski definition) is 3. The number of fused-ring (bicyclic) bond motifs is 1. The summed E-state index contributed by atoms with van der Waals surface area (Å²) in [5.74, 6) is 0.674. The normalized spacial score (nSPS) is 13.1. The molecule has 132 valence electrons. The van der Waals surface area contributed by atoms with Crippen molar-refractivity contribution in [2.45, 2.75) is 24.3 Å². The van der Waals surface area contributed by atoms with Crippen LogP contribution in [0.3, 0.4) is 0 Å². The summed E-state index contributed by atoms with van der Waals surface area (Å²) in [7, 11) is -3.48. The predicted octanol–water partition coefficient (Wildman–Crippen LogP) is 1.69. The van der Waals surface area contributed by atoms with Gasteiger partial charge in [0.25, 0.3) is 0 Å². The maximum Gasteiger partial charge on any atom is 0.180 e. The van der Waals surface area contributed by atoms with Gasteiger partial charge in [0.15, 0.2) is 9.84 Å². The maximum atomic E-state index is 11.9. The van der Waals surface area contributed by atoms with E-state index in [0.717, 1.165) is 22.7 Å². The number of aromatic amines is 1. The standard InChI is InChI=1S/C17H20N4O3S/c1-11-18-9-16(25(2,23)24)17(20-11)21-13(10-22)7-12-8-19-15-6-4-3-5-14(12)15/h3-6,8-9,13,19,22H,7,10H2,1-2H3,(H,18,20,21)/t13-/m0/s1. The first-order chi connectivity index (χ1) is 11.9. The van der Waals surface area contributed by atoms with Crippen LogP contribution in [0.5, 0.6) is 0 Å². The number of hydrogen-bond acceptors (Lipinski definition) is 6.